The Morgan fingerprint density at radius 3 is 3.00 bits per heavy atom. The molecule has 0 radical (unpaired) electrons. The Labute approximate surface area is 154 Å². The van der Waals surface area contributed by atoms with Crippen LogP contribution in [-0.2, 0) is 19.5 Å². The van der Waals surface area contributed by atoms with Crippen LogP contribution >= 0.6 is 11.6 Å². The Kier molecular flexibility index (Phi) is 4.53. The highest BCUT2D eigenvalue weighted by molar-refractivity contribution is 6.32. The van der Waals surface area contributed by atoms with Gasteiger partial charge in [0.05, 0.1) is 17.3 Å². The molecule has 2 aromatic heterocycles. The monoisotopic (exact) mass is 372 g/mol. The molecule has 3 heterocycles. The lowest BCUT2D eigenvalue weighted by Gasteiger charge is -2.15. The first-order chi connectivity index (χ1) is 12.7. The lowest BCUT2D eigenvalue weighted by atomic mass is 10.2. The first kappa shape index (κ1) is 16.5. The first-order valence-electron chi connectivity index (χ1n) is 8.31. The third-order valence-corrected chi connectivity index (χ3v) is 4.52. The number of carbonyl (C=O) groups excluding carboxylic acids is 1. The quantitative estimate of drug-likeness (QED) is 0.730. The largest absolute Gasteiger partial charge is 0.331 e. The fraction of sp³-hybridized carbons (Fsp3) is 0.312. The predicted octanol–water partition coefficient (Wildman–Crippen LogP) is 2.17. The molecular formula is C16H17ClN8O. The summed E-state index contributed by atoms with van der Waals surface area (Å²) < 4.78 is 3.63. The molecule has 2 N–H and O–H groups in total. The number of fused-ring (bicyclic) bond motifs is 1. The number of anilines is 1. The number of aryl methyl sites for hydroxylation is 1. The lowest BCUT2D eigenvalue weighted by Crippen LogP contribution is -2.30. The number of hydrogen-bond donors (Lipinski definition) is 2. The van der Waals surface area contributed by atoms with Crippen molar-refractivity contribution in [3.8, 4) is 5.69 Å². The van der Waals surface area contributed by atoms with Gasteiger partial charge in [0.1, 0.15) is 18.5 Å². The van der Waals surface area contributed by atoms with E-state index in [1.54, 1.807) is 29.2 Å². The van der Waals surface area contributed by atoms with E-state index in [0.717, 1.165) is 37.5 Å². The number of carbonyl (C=O) groups is 1. The van der Waals surface area contributed by atoms with Gasteiger partial charge >= 0.3 is 6.03 Å². The van der Waals surface area contributed by atoms with E-state index in [2.05, 4.69) is 35.5 Å². The summed E-state index contributed by atoms with van der Waals surface area (Å²) in [6, 6.07) is 4.85. The molecule has 0 unspecified atom stereocenters. The normalized spacial score (nSPS) is 13.3. The first-order valence-corrected chi connectivity index (χ1v) is 8.69. The van der Waals surface area contributed by atoms with Crippen LogP contribution < -0.4 is 10.6 Å². The van der Waals surface area contributed by atoms with E-state index in [9.17, 15) is 4.79 Å². The molecule has 3 aromatic rings. The van der Waals surface area contributed by atoms with Crippen LogP contribution in [0.5, 0.6) is 0 Å². The Morgan fingerprint density at radius 1 is 1.27 bits per heavy atom. The number of nitrogens with zero attached hydrogens (tertiary/aromatic N) is 6. The zero-order valence-electron chi connectivity index (χ0n) is 13.9. The van der Waals surface area contributed by atoms with E-state index < -0.39 is 0 Å². The van der Waals surface area contributed by atoms with Gasteiger partial charge in [-0.3, -0.25) is 0 Å². The number of rotatable bonds is 4. The van der Waals surface area contributed by atoms with E-state index >= 15 is 0 Å². The number of urea groups is 1. The molecule has 4 rings (SSSR count). The van der Waals surface area contributed by atoms with Gasteiger partial charge in [0.15, 0.2) is 5.82 Å². The molecule has 0 aliphatic carbocycles. The summed E-state index contributed by atoms with van der Waals surface area (Å²) in [4.78, 5) is 16.0. The zero-order chi connectivity index (χ0) is 17.9. The topological polar surface area (TPSA) is 103 Å². The molecule has 10 heteroatoms. The van der Waals surface area contributed by atoms with Crippen LogP contribution in [0, 0.1) is 0 Å². The second-order valence-corrected chi connectivity index (χ2v) is 6.36. The number of aromatic nitrogens is 6. The van der Waals surface area contributed by atoms with Crippen LogP contribution in [0.25, 0.3) is 5.69 Å². The smallest absolute Gasteiger partial charge is 0.319 e. The number of hydrogen-bond acceptors (Lipinski definition) is 5. The van der Waals surface area contributed by atoms with E-state index in [1.165, 1.54) is 6.33 Å². The minimum Gasteiger partial charge on any atom is -0.331 e. The minimum absolute atomic E-state index is 0.323. The van der Waals surface area contributed by atoms with Crippen molar-refractivity contribution in [3.63, 3.8) is 0 Å². The summed E-state index contributed by atoms with van der Waals surface area (Å²) in [5.74, 6) is 1.76. The van der Waals surface area contributed by atoms with E-state index in [1.807, 2.05) is 0 Å². The van der Waals surface area contributed by atoms with Crippen molar-refractivity contribution in [1.82, 2.24) is 34.8 Å². The standard InChI is InChI=1S/C16H17ClN8O/c17-12-7-11(4-5-13(12)25-10-18-9-20-25)21-16(26)19-8-15-23-22-14-3-1-2-6-24(14)15/h4-5,7,9-10H,1-3,6,8H2,(H2,19,21,26). The van der Waals surface area contributed by atoms with Gasteiger partial charge in [-0.2, -0.15) is 5.10 Å². The summed E-state index contributed by atoms with van der Waals surface area (Å²) in [6.45, 7) is 1.23. The average molecular weight is 373 g/mol. The fourth-order valence-electron chi connectivity index (χ4n) is 2.94. The predicted molar refractivity (Wildman–Crippen MR) is 95.2 cm³/mol. The van der Waals surface area contributed by atoms with Crippen LogP contribution in [0.3, 0.4) is 0 Å². The van der Waals surface area contributed by atoms with Gasteiger partial charge < -0.3 is 15.2 Å². The molecular weight excluding hydrogens is 356 g/mol. The fourth-order valence-corrected chi connectivity index (χ4v) is 3.20. The second kappa shape index (κ2) is 7.12. The third-order valence-electron chi connectivity index (χ3n) is 4.21. The molecule has 2 amide bonds. The minimum atomic E-state index is -0.331. The Morgan fingerprint density at radius 2 is 2.19 bits per heavy atom. The zero-order valence-corrected chi connectivity index (χ0v) is 14.6. The maximum atomic E-state index is 12.2. The van der Waals surface area contributed by atoms with Crippen molar-refractivity contribution in [2.75, 3.05) is 5.32 Å². The molecule has 9 nitrogen and oxygen atoms in total. The molecule has 1 aliphatic rings. The van der Waals surface area contributed by atoms with E-state index in [0.29, 0.717) is 22.9 Å². The van der Waals surface area contributed by atoms with Gasteiger partial charge in [0.25, 0.3) is 0 Å². The Balaban J connectivity index is 1.38. The highest BCUT2D eigenvalue weighted by Gasteiger charge is 2.16. The van der Waals surface area contributed by atoms with Crippen LogP contribution in [0.2, 0.25) is 5.02 Å². The average Bonchev–Trinajstić information content (AvgIpc) is 3.30. The van der Waals surface area contributed by atoms with Gasteiger partial charge in [-0.15, -0.1) is 10.2 Å². The van der Waals surface area contributed by atoms with Crippen molar-refractivity contribution in [2.45, 2.75) is 32.4 Å². The summed E-state index contributed by atoms with van der Waals surface area (Å²) in [6.07, 6.45) is 6.17. The molecule has 0 fully saturated rings. The molecule has 1 aromatic carbocycles. The molecule has 26 heavy (non-hydrogen) atoms. The molecule has 0 saturated heterocycles. The van der Waals surface area contributed by atoms with Crippen LogP contribution in [0.4, 0.5) is 10.5 Å². The number of benzene rings is 1. The Hall–Kier alpha value is -2.94. The summed E-state index contributed by atoms with van der Waals surface area (Å²) in [5.41, 5.74) is 1.27. The lowest BCUT2D eigenvalue weighted by molar-refractivity contribution is 0.251. The molecule has 134 valence electrons. The van der Waals surface area contributed by atoms with Crippen molar-refractivity contribution in [2.24, 2.45) is 0 Å². The van der Waals surface area contributed by atoms with Gasteiger partial charge in [0.2, 0.25) is 0 Å². The number of amides is 2. The number of halogens is 1. The van der Waals surface area contributed by atoms with E-state index in [-0.39, 0.29) is 6.03 Å². The molecule has 1 aliphatic heterocycles. The maximum Gasteiger partial charge on any atom is 0.319 e. The Bertz CT molecular complexity index is 920. The van der Waals surface area contributed by atoms with Crippen LogP contribution in [0.1, 0.15) is 24.5 Å². The molecule has 0 spiro atoms. The second-order valence-electron chi connectivity index (χ2n) is 5.96. The van der Waals surface area contributed by atoms with Gasteiger partial charge in [0, 0.05) is 18.7 Å². The maximum absolute atomic E-state index is 12.2. The van der Waals surface area contributed by atoms with Crippen molar-refractivity contribution >= 4 is 23.3 Å². The van der Waals surface area contributed by atoms with Crippen LogP contribution in [-0.4, -0.2) is 35.6 Å². The third kappa shape index (κ3) is 3.38. The number of nitrogens with one attached hydrogen (secondary N) is 2. The summed E-state index contributed by atoms with van der Waals surface area (Å²) >= 11 is 6.26. The molecule has 0 atom stereocenters. The van der Waals surface area contributed by atoms with Crippen molar-refractivity contribution in [3.05, 3.63) is 47.5 Å². The van der Waals surface area contributed by atoms with Crippen molar-refractivity contribution < 1.29 is 4.79 Å². The van der Waals surface area contributed by atoms with Gasteiger partial charge in [-0.25, -0.2) is 14.5 Å². The highest BCUT2D eigenvalue weighted by atomic mass is 35.5. The highest BCUT2D eigenvalue weighted by Crippen LogP contribution is 2.23. The van der Waals surface area contributed by atoms with Crippen LogP contribution in [0.15, 0.2) is 30.9 Å². The van der Waals surface area contributed by atoms with E-state index in [4.69, 9.17) is 11.6 Å². The van der Waals surface area contributed by atoms with Gasteiger partial charge in [-0.1, -0.05) is 11.6 Å². The summed E-state index contributed by atoms with van der Waals surface area (Å²) in [7, 11) is 0. The molecule has 0 saturated carbocycles. The SMILES string of the molecule is O=C(NCc1nnc2n1CCCC2)Nc1ccc(-n2cncn2)c(Cl)c1. The van der Waals surface area contributed by atoms with Gasteiger partial charge in [-0.05, 0) is 31.0 Å². The molecule has 0 bridgehead atoms. The van der Waals surface area contributed by atoms with Crippen molar-refractivity contribution in [1.29, 1.82) is 0 Å². The summed E-state index contributed by atoms with van der Waals surface area (Å²) in [5, 5.41) is 18.4.